The maximum absolute atomic E-state index is 12.2. The van der Waals surface area contributed by atoms with Gasteiger partial charge in [0.05, 0.1) is 0 Å². The summed E-state index contributed by atoms with van der Waals surface area (Å²) in [5, 5.41) is 26.5. The van der Waals surface area contributed by atoms with E-state index in [1.54, 1.807) is 0 Å². The molecule has 0 heterocycles. The molecule has 0 rings (SSSR count). The van der Waals surface area contributed by atoms with E-state index in [1.807, 2.05) is 0 Å². The number of hydrogen-bond donors (Lipinski definition) is 4. The molecule has 0 aromatic heterocycles. The number of nitrogens with one attached hydrogen (secondary N) is 1. The highest BCUT2D eigenvalue weighted by Crippen LogP contribution is 2.20. The molecular formula is C33H66NO5. The van der Waals surface area contributed by atoms with E-state index in [0.29, 0.717) is 12.8 Å². The predicted molar refractivity (Wildman–Crippen MR) is 162 cm³/mol. The van der Waals surface area contributed by atoms with Crippen LogP contribution in [-0.2, 0) is 9.63 Å². The number of amides is 1. The van der Waals surface area contributed by atoms with Crippen molar-refractivity contribution in [2.45, 2.75) is 200 Å². The molecule has 0 atom stereocenters. The van der Waals surface area contributed by atoms with Crippen LogP contribution in [0.3, 0.4) is 0 Å². The number of aliphatic hydroxyl groups is 3. The Morgan fingerprint density at radius 2 is 0.897 bits per heavy atom. The molecule has 1 amide bonds. The van der Waals surface area contributed by atoms with Crippen LogP contribution in [-0.4, -0.2) is 27.2 Å². The van der Waals surface area contributed by atoms with Crippen molar-refractivity contribution in [3.63, 3.8) is 0 Å². The van der Waals surface area contributed by atoms with Crippen LogP contribution in [0.25, 0.3) is 0 Å². The van der Waals surface area contributed by atoms with E-state index in [2.05, 4.69) is 19.3 Å². The first kappa shape index (κ1) is 38.3. The van der Waals surface area contributed by atoms with Gasteiger partial charge in [0.2, 0.25) is 5.91 Å². The molecule has 6 heteroatoms. The molecule has 0 aliphatic heterocycles. The van der Waals surface area contributed by atoms with Crippen LogP contribution in [0, 0.1) is 6.10 Å². The minimum atomic E-state index is -2.50. The van der Waals surface area contributed by atoms with Crippen LogP contribution >= 0.6 is 0 Å². The fourth-order valence-electron chi connectivity index (χ4n) is 5.09. The zero-order valence-electron chi connectivity index (χ0n) is 26.0. The van der Waals surface area contributed by atoms with Gasteiger partial charge in [-0.25, -0.2) is 5.48 Å². The molecule has 0 unspecified atom stereocenters. The van der Waals surface area contributed by atoms with Crippen molar-refractivity contribution in [3.05, 3.63) is 6.10 Å². The fraction of sp³-hybridized carbons (Fsp3) is 0.939. The maximum atomic E-state index is 12.2. The van der Waals surface area contributed by atoms with Crippen LogP contribution in [0.1, 0.15) is 194 Å². The second-order valence-electron chi connectivity index (χ2n) is 11.7. The van der Waals surface area contributed by atoms with Gasteiger partial charge < -0.3 is 15.3 Å². The highest BCUT2D eigenvalue weighted by atomic mass is 16.7. The summed E-state index contributed by atoms with van der Waals surface area (Å²) in [5.41, 5.74) is 2.69. The van der Waals surface area contributed by atoms with E-state index in [4.69, 9.17) is 20.2 Å². The predicted octanol–water partition coefficient (Wildman–Crippen LogP) is 9.16. The van der Waals surface area contributed by atoms with Gasteiger partial charge in [-0.15, -0.1) is 0 Å². The van der Waals surface area contributed by atoms with Gasteiger partial charge in [-0.3, -0.25) is 9.63 Å². The molecule has 233 valence electrons. The Labute approximate surface area is 242 Å². The third-order valence-electron chi connectivity index (χ3n) is 7.56. The summed E-state index contributed by atoms with van der Waals surface area (Å²) >= 11 is 0. The Kier molecular flexibility index (Phi) is 28.3. The van der Waals surface area contributed by atoms with Crippen molar-refractivity contribution in [2.75, 3.05) is 0 Å². The molecule has 6 nitrogen and oxygen atoms in total. The normalized spacial score (nSPS) is 11.9. The zero-order valence-corrected chi connectivity index (χ0v) is 26.0. The third-order valence-corrected chi connectivity index (χ3v) is 7.56. The Morgan fingerprint density at radius 1 is 0.513 bits per heavy atom. The molecule has 0 fully saturated rings. The lowest BCUT2D eigenvalue weighted by Gasteiger charge is -2.16. The van der Waals surface area contributed by atoms with E-state index in [0.717, 1.165) is 57.5 Å². The van der Waals surface area contributed by atoms with Crippen LogP contribution in [0.15, 0.2) is 0 Å². The van der Waals surface area contributed by atoms with Crippen molar-refractivity contribution in [1.82, 2.24) is 5.48 Å². The number of rotatable bonds is 31. The standard InChI is InChI=1S/C33H66NO5/c1-3-5-6-7-8-9-12-15-18-21-24-28-31(27-4-2)39-34-32(35)29-25-22-19-16-13-10-11-14-17-20-23-26-30-33(36,37)38/h36-38H,3-30H2,1-2H3,(H,34,35). The number of unbranched alkanes of at least 4 members (excludes halogenated alkanes) is 21. The minimum Gasteiger partial charge on any atom is -0.344 e. The summed E-state index contributed by atoms with van der Waals surface area (Å²) in [5.74, 6) is -2.50. The van der Waals surface area contributed by atoms with Crippen LogP contribution < -0.4 is 5.48 Å². The first-order valence-corrected chi connectivity index (χ1v) is 16.9. The smallest absolute Gasteiger partial charge is 0.275 e. The fourth-order valence-corrected chi connectivity index (χ4v) is 5.09. The monoisotopic (exact) mass is 556 g/mol. The first-order chi connectivity index (χ1) is 18.9. The van der Waals surface area contributed by atoms with Gasteiger partial charge in [0.1, 0.15) is 6.10 Å². The topological polar surface area (TPSA) is 99.0 Å². The third kappa shape index (κ3) is 31.7. The molecule has 0 aliphatic rings. The van der Waals surface area contributed by atoms with Crippen molar-refractivity contribution in [3.8, 4) is 0 Å². The van der Waals surface area contributed by atoms with Gasteiger partial charge in [-0.2, -0.15) is 0 Å². The Balaban J connectivity index is 3.51. The van der Waals surface area contributed by atoms with Crippen molar-refractivity contribution < 1.29 is 25.0 Å². The molecule has 0 saturated carbocycles. The van der Waals surface area contributed by atoms with E-state index in [9.17, 15) is 4.79 Å². The molecule has 1 radical (unpaired) electrons. The highest BCUT2D eigenvalue weighted by molar-refractivity contribution is 5.74. The second-order valence-corrected chi connectivity index (χ2v) is 11.7. The summed E-state index contributed by atoms with van der Waals surface area (Å²) in [6.45, 7) is 4.43. The van der Waals surface area contributed by atoms with Crippen LogP contribution in [0.5, 0.6) is 0 Å². The highest BCUT2D eigenvalue weighted by Gasteiger charge is 2.16. The summed E-state index contributed by atoms with van der Waals surface area (Å²) in [7, 11) is 0. The van der Waals surface area contributed by atoms with Crippen molar-refractivity contribution >= 4 is 5.91 Å². The summed E-state index contributed by atoms with van der Waals surface area (Å²) < 4.78 is 0. The minimum absolute atomic E-state index is 0.00481. The van der Waals surface area contributed by atoms with Gasteiger partial charge in [-0.05, 0) is 25.7 Å². The lowest BCUT2D eigenvalue weighted by atomic mass is 10.0. The van der Waals surface area contributed by atoms with Crippen LogP contribution in [0.2, 0.25) is 0 Å². The average molecular weight is 557 g/mol. The zero-order chi connectivity index (χ0) is 28.9. The first-order valence-electron chi connectivity index (χ1n) is 16.9. The maximum Gasteiger partial charge on any atom is 0.275 e. The SMILES string of the molecule is CCCCCCCCCCCCC[C](CCC)ONC(=O)CCCCCCCCCCCCCCC(O)(O)O. The van der Waals surface area contributed by atoms with Gasteiger partial charge in [0.25, 0.3) is 5.97 Å². The molecular weight excluding hydrogens is 490 g/mol. The Hall–Kier alpha value is -0.690. The van der Waals surface area contributed by atoms with E-state index < -0.39 is 5.97 Å². The van der Waals surface area contributed by atoms with Crippen molar-refractivity contribution in [2.24, 2.45) is 0 Å². The summed E-state index contributed by atoms with van der Waals surface area (Å²) in [6, 6.07) is 0. The summed E-state index contributed by atoms with van der Waals surface area (Å²) in [4.78, 5) is 17.9. The molecule has 0 spiro atoms. The van der Waals surface area contributed by atoms with E-state index >= 15 is 0 Å². The van der Waals surface area contributed by atoms with Gasteiger partial charge in [-0.1, -0.05) is 155 Å². The van der Waals surface area contributed by atoms with Gasteiger partial charge in [0.15, 0.2) is 0 Å². The molecule has 0 saturated heterocycles. The number of hydroxylamine groups is 1. The van der Waals surface area contributed by atoms with Gasteiger partial charge >= 0.3 is 0 Å². The Bertz CT molecular complexity index is 509. The van der Waals surface area contributed by atoms with E-state index in [1.165, 1.54) is 109 Å². The largest absolute Gasteiger partial charge is 0.344 e. The lowest BCUT2D eigenvalue weighted by Crippen LogP contribution is -2.26. The molecule has 39 heavy (non-hydrogen) atoms. The molecule has 0 aromatic carbocycles. The number of hydrogen-bond acceptors (Lipinski definition) is 5. The molecule has 0 bridgehead atoms. The molecule has 0 aliphatic carbocycles. The Morgan fingerprint density at radius 3 is 1.31 bits per heavy atom. The van der Waals surface area contributed by atoms with Crippen LogP contribution in [0.4, 0.5) is 0 Å². The van der Waals surface area contributed by atoms with E-state index in [-0.39, 0.29) is 12.3 Å². The summed E-state index contributed by atoms with van der Waals surface area (Å²) in [6.07, 6.45) is 32.5. The quantitative estimate of drug-likeness (QED) is 0.0387. The molecule has 4 N–H and O–H groups in total. The number of carbonyl (C=O) groups is 1. The van der Waals surface area contributed by atoms with Gasteiger partial charge in [0, 0.05) is 12.8 Å². The lowest BCUT2D eigenvalue weighted by molar-refractivity contribution is -0.315. The average Bonchev–Trinajstić information content (AvgIpc) is 2.89. The van der Waals surface area contributed by atoms with Crippen molar-refractivity contribution in [1.29, 1.82) is 0 Å². The second kappa shape index (κ2) is 28.8. The number of carbonyl (C=O) groups excluding carboxylic acids is 1. The molecule has 0 aromatic rings.